The molecule has 2 aliphatic rings. The number of morpholine rings is 1. The molecule has 2 saturated heterocycles. The molecular formula is C17H22N4O4. The molecule has 25 heavy (non-hydrogen) atoms. The predicted molar refractivity (Wildman–Crippen MR) is 87.4 cm³/mol. The Balaban J connectivity index is 1.36. The molecule has 2 aromatic rings. The van der Waals surface area contributed by atoms with Gasteiger partial charge in [0.2, 0.25) is 17.6 Å². The van der Waals surface area contributed by atoms with Crippen molar-refractivity contribution >= 4 is 5.91 Å². The molecule has 0 aliphatic carbocycles. The topological polar surface area (TPSA) is 84.8 Å². The lowest BCUT2D eigenvalue weighted by molar-refractivity contribution is -0.141. The number of amides is 1. The lowest BCUT2D eigenvalue weighted by Gasteiger charge is -2.35. The SMILES string of the molecule is O=C(C1CCCN(Cc2nc(-c3ccco3)no2)C1)N1CCOCC1. The van der Waals surface area contributed by atoms with Gasteiger partial charge in [0.05, 0.1) is 31.9 Å². The van der Waals surface area contributed by atoms with E-state index in [1.165, 1.54) is 0 Å². The van der Waals surface area contributed by atoms with Gasteiger partial charge in [0.15, 0.2) is 5.76 Å². The van der Waals surface area contributed by atoms with E-state index in [0.717, 1.165) is 25.9 Å². The Kier molecular flexibility index (Phi) is 4.80. The van der Waals surface area contributed by atoms with Crippen LogP contribution in [0.25, 0.3) is 11.6 Å². The smallest absolute Gasteiger partial charge is 0.241 e. The number of ether oxygens (including phenoxy) is 1. The maximum atomic E-state index is 12.7. The Morgan fingerprint density at radius 1 is 1.28 bits per heavy atom. The van der Waals surface area contributed by atoms with Gasteiger partial charge in [0.25, 0.3) is 0 Å². The summed E-state index contributed by atoms with van der Waals surface area (Å²) < 4.78 is 15.9. The molecule has 1 unspecified atom stereocenters. The molecule has 0 bridgehead atoms. The molecule has 0 aromatic carbocycles. The molecule has 134 valence electrons. The molecule has 0 radical (unpaired) electrons. The minimum atomic E-state index is 0.0410. The fourth-order valence-corrected chi connectivity index (χ4v) is 3.46. The molecule has 8 heteroatoms. The molecule has 1 amide bonds. The average molecular weight is 346 g/mol. The number of furan rings is 1. The molecule has 0 spiro atoms. The van der Waals surface area contributed by atoms with Crippen LogP contribution < -0.4 is 0 Å². The number of likely N-dealkylation sites (tertiary alicyclic amines) is 1. The van der Waals surface area contributed by atoms with E-state index in [2.05, 4.69) is 15.0 Å². The van der Waals surface area contributed by atoms with Gasteiger partial charge in [-0.05, 0) is 31.5 Å². The fraction of sp³-hybridized carbons (Fsp3) is 0.588. The summed E-state index contributed by atoms with van der Waals surface area (Å²) in [7, 11) is 0. The standard InChI is InChI=1S/C17H22N4O4/c22-17(21-6-9-23-10-7-21)13-3-1-5-20(11-13)12-15-18-16(19-25-15)14-4-2-8-24-14/h2,4,8,13H,1,3,5-7,9-12H2. The van der Waals surface area contributed by atoms with Crippen LogP contribution in [0.1, 0.15) is 18.7 Å². The van der Waals surface area contributed by atoms with Gasteiger partial charge in [-0.2, -0.15) is 4.98 Å². The van der Waals surface area contributed by atoms with Crippen LogP contribution in [0.3, 0.4) is 0 Å². The minimum absolute atomic E-state index is 0.0410. The number of nitrogens with zero attached hydrogens (tertiary/aromatic N) is 4. The summed E-state index contributed by atoms with van der Waals surface area (Å²) >= 11 is 0. The Morgan fingerprint density at radius 3 is 2.96 bits per heavy atom. The van der Waals surface area contributed by atoms with Crippen molar-refractivity contribution in [1.29, 1.82) is 0 Å². The fourth-order valence-electron chi connectivity index (χ4n) is 3.46. The third kappa shape index (κ3) is 3.74. The molecule has 2 aromatic heterocycles. The predicted octanol–water partition coefficient (Wildman–Crippen LogP) is 1.40. The molecule has 8 nitrogen and oxygen atoms in total. The van der Waals surface area contributed by atoms with E-state index in [-0.39, 0.29) is 11.8 Å². The maximum absolute atomic E-state index is 12.7. The number of rotatable bonds is 4. The summed E-state index contributed by atoms with van der Waals surface area (Å²) in [6, 6.07) is 3.59. The number of hydrogen-bond acceptors (Lipinski definition) is 7. The first kappa shape index (κ1) is 16.3. The highest BCUT2D eigenvalue weighted by atomic mass is 16.5. The number of carbonyl (C=O) groups excluding carboxylic acids is 1. The molecule has 0 N–H and O–H groups in total. The molecule has 0 saturated carbocycles. The van der Waals surface area contributed by atoms with Gasteiger partial charge in [-0.1, -0.05) is 5.16 Å². The van der Waals surface area contributed by atoms with E-state index in [9.17, 15) is 4.79 Å². The van der Waals surface area contributed by atoms with Crippen LogP contribution >= 0.6 is 0 Å². The molecule has 1 atom stereocenters. The van der Waals surface area contributed by atoms with Crippen molar-refractivity contribution in [1.82, 2.24) is 19.9 Å². The van der Waals surface area contributed by atoms with Gasteiger partial charge >= 0.3 is 0 Å². The van der Waals surface area contributed by atoms with Gasteiger partial charge in [-0.25, -0.2) is 0 Å². The second-order valence-corrected chi connectivity index (χ2v) is 6.50. The van der Waals surface area contributed by atoms with Crippen LogP contribution in [0.2, 0.25) is 0 Å². The summed E-state index contributed by atoms with van der Waals surface area (Å²) in [6.07, 6.45) is 3.52. The summed E-state index contributed by atoms with van der Waals surface area (Å²) in [6.45, 7) is 4.90. The second kappa shape index (κ2) is 7.37. The van der Waals surface area contributed by atoms with Crippen LogP contribution in [0.5, 0.6) is 0 Å². The summed E-state index contributed by atoms with van der Waals surface area (Å²) in [5.74, 6) is 1.88. The van der Waals surface area contributed by atoms with E-state index in [4.69, 9.17) is 13.7 Å². The van der Waals surface area contributed by atoms with Gasteiger partial charge in [-0.3, -0.25) is 9.69 Å². The van der Waals surface area contributed by atoms with Crippen LogP contribution in [-0.4, -0.2) is 65.2 Å². The van der Waals surface area contributed by atoms with E-state index in [1.54, 1.807) is 18.4 Å². The zero-order valence-corrected chi connectivity index (χ0v) is 14.1. The monoisotopic (exact) mass is 346 g/mol. The van der Waals surface area contributed by atoms with Gasteiger partial charge in [-0.15, -0.1) is 0 Å². The van der Waals surface area contributed by atoms with E-state index < -0.39 is 0 Å². The van der Waals surface area contributed by atoms with E-state index in [0.29, 0.717) is 50.3 Å². The molecule has 4 heterocycles. The zero-order valence-electron chi connectivity index (χ0n) is 14.1. The van der Waals surface area contributed by atoms with Crippen molar-refractivity contribution in [3.63, 3.8) is 0 Å². The average Bonchev–Trinajstić information content (AvgIpc) is 3.34. The third-order valence-corrected chi connectivity index (χ3v) is 4.75. The summed E-state index contributed by atoms with van der Waals surface area (Å²) in [5, 5.41) is 3.96. The minimum Gasteiger partial charge on any atom is -0.461 e. The number of carbonyl (C=O) groups is 1. The molecule has 4 rings (SSSR count). The van der Waals surface area contributed by atoms with Crippen molar-refractivity contribution in [2.75, 3.05) is 39.4 Å². The van der Waals surface area contributed by atoms with Crippen LogP contribution in [0, 0.1) is 5.92 Å². The zero-order chi connectivity index (χ0) is 17.1. The Hall–Kier alpha value is -2.19. The maximum Gasteiger partial charge on any atom is 0.241 e. The molecular weight excluding hydrogens is 324 g/mol. The number of piperidine rings is 1. The second-order valence-electron chi connectivity index (χ2n) is 6.50. The number of aromatic nitrogens is 2. The van der Waals surface area contributed by atoms with Crippen molar-refractivity contribution in [3.8, 4) is 11.6 Å². The first-order valence-corrected chi connectivity index (χ1v) is 8.75. The Bertz CT molecular complexity index is 693. The molecule has 2 aliphatic heterocycles. The highest BCUT2D eigenvalue weighted by Gasteiger charge is 2.30. The third-order valence-electron chi connectivity index (χ3n) is 4.75. The van der Waals surface area contributed by atoms with Gasteiger partial charge in [0.1, 0.15) is 0 Å². The van der Waals surface area contributed by atoms with Crippen molar-refractivity contribution < 1.29 is 18.5 Å². The first-order chi connectivity index (χ1) is 12.3. The van der Waals surface area contributed by atoms with Crippen LogP contribution in [-0.2, 0) is 16.1 Å². The lowest BCUT2D eigenvalue weighted by atomic mass is 9.96. The normalized spacial score (nSPS) is 22.2. The first-order valence-electron chi connectivity index (χ1n) is 8.75. The van der Waals surface area contributed by atoms with Crippen molar-refractivity contribution in [3.05, 3.63) is 24.3 Å². The Labute approximate surface area is 145 Å². The molecule has 2 fully saturated rings. The highest BCUT2D eigenvalue weighted by Crippen LogP contribution is 2.22. The van der Waals surface area contributed by atoms with Crippen LogP contribution in [0.15, 0.2) is 27.3 Å². The van der Waals surface area contributed by atoms with Gasteiger partial charge in [0, 0.05) is 19.6 Å². The number of hydrogen-bond donors (Lipinski definition) is 0. The largest absolute Gasteiger partial charge is 0.461 e. The van der Waals surface area contributed by atoms with E-state index in [1.807, 2.05) is 4.90 Å². The van der Waals surface area contributed by atoms with Gasteiger partial charge < -0.3 is 18.6 Å². The van der Waals surface area contributed by atoms with Crippen molar-refractivity contribution in [2.24, 2.45) is 5.92 Å². The van der Waals surface area contributed by atoms with Crippen LogP contribution in [0.4, 0.5) is 0 Å². The summed E-state index contributed by atoms with van der Waals surface area (Å²) in [5.41, 5.74) is 0. The Morgan fingerprint density at radius 2 is 2.16 bits per heavy atom. The van der Waals surface area contributed by atoms with E-state index >= 15 is 0 Å². The lowest BCUT2D eigenvalue weighted by Crippen LogP contribution is -2.48. The quantitative estimate of drug-likeness (QED) is 0.827. The van der Waals surface area contributed by atoms with Crippen molar-refractivity contribution in [2.45, 2.75) is 19.4 Å². The summed E-state index contributed by atoms with van der Waals surface area (Å²) in [4.78, 5) is 21.2. The highest BCUT2D eigenvalue weighted by molar-refractivity contribution is 5.79.